The number of carbonyl (C=O) groups excluding carboxylic acids is 1. The topological polar surface area (TPSA) is 59.0 Å². The maximum absolute atomic E-state index is 11.9. The number of hydrogen-bond donors (Lipinski definition) is 2. The number of urea groups is 1. The summed E-state index contributed by atoms with van der Waals surface area (Å²) in [5.41, 5.74) is 3.42. The van der Waals surface area contributed by atoms with Gasteiger partial charge in [-0.2, -0.15) is 16.9 Å². The van der Waals surface area contributed by atoms with Crippen molar-refractivity contribution in [2.45, 2.75) is 46.2 Å². The number of nitrogens with one attached hydrogen (secondary N) is 2. The van der Waals surface area contributed by atoms with Gasteiger partial charge in [-0.15, -0.1) is 0 Å². The lowest BCUT2D eigenvalue weighted by Crippen LogP contribution is -2.45. The summed E-state index contributed by atoms with van der Waals surface area (Å²) in [5.74, 6) is 0.919. The van der Waals surface area contributed by atoms with Gasteiger partial charge < -0.3 is 10.6 Å². The Kier molecular flexibility index (Phi) is 6.39. The monoisotopic (exact) mass is 298 g/mol. The van der Waals surface area contributed by atoms with Crippen molar-refractivity contribution in [1.82, 2.24) is 20.4 Å². The number of nitrogens with zero attached hydrogens (tertiary/aromatic N) is 2. The molecule has 0 aliphatic rings. The molecular weight excluding hydrogens is 272 g/mol. The van der Waals surface area contributed by atoms with Gasteiger partial charge in [0.15, 0.2) is 0 Å². The smallest absolute Gasteiger partial charge is 0.315 e. The van der Waals surface area contributed by atoms with Gasteiger partial charge in [-0.25, -0.2) is 4.79 Å². The van der Waals surface area contributed by atoms with E-state index in [-0.39, 0.29) is 18.1 Å². The summed E-state index contributed by atoms with van der Waals surface area (Å²) in [4.78, 5) is 11.9. The van der Waals surface area contributed by atoms with Crippen LogP contribution in [0.1, 0.15) is 30.8 Å². The molecule has 0 aromatic carbocycles. The number of rotatable bonds is 6. The average molecular weight is 298 g/mol. The third-order valence-electron chi connectivity index (χ3n) is 3.34. The van der Waals surface area contributed by atoms with Crippen molar-refractivity contribution in [3.05, 3.63) is 17.0 Å². The zero-order valence-electron chi connectivity index (χ0n) is 13.3. The first-order valence-electron chi connectivity index (χ1n) is 6.90. The van der Waals surface area contributed by atoms with E-state index >= 15 is 0 Å². The second kappa shape index (κ2) is 7.57. The molecule has 1 heterocycles. The van der Waals surface area contributed by atoms with Crippen LogP contribution in [0.5, 0.6) is 0 Å². The third kappa shape index (κ3) is 4.74. The van der Waals surface area contributed by atoms with E-state index in [2.05, 4.69) is 22.7 Å². The SMILES string of the molecule is CSC[C@H](C)NC(=O)N[C@@H](C)Cc1c(C)nn(C)c1C. The van der Waals surface area contributed by atoms with Crippen molar-refractivity contribution in [3.63, 3.8) is 0 Å². The highest BCUT2D eigenvalue weighted by Crippen LogP contribution is 2.14. The zero-order valence-corrected chi connectivity index (χ0v) is 14.1. The molecule has 1 aromatic heterocycles. The molecule has 0 unspecified atom stereocenters. The molecule has 2 atom stereocenters. The van der Waals surface area contributed by atoms with Crippen molar-refractivity contribution in [2.75, 3.05) is 12.0 Å². The summed E-state index contributed by atoms with van der Waals surface area (Å²) in [6.07, 6.45) is 2.84. The second-order valence-electron chi connectivity index (χ2n) is 5.35. The molecule has 1 rings (SSSR count). The van der Waals surface area contributed by atoms with Crippen LogP contribution in [0.2, 0.25) is 0 Å². The van der Waals surface area contributed by atoms with Gasteiger partial charge in [-0.3, -0.25) is 4.68 Å². The Balaban J connectivity index is 2.51. The summed E-state index contributed by atoms with van der Waals surface area (Å²) in [6, 6.07) is 0.162. The van der Waals surface area contributed by atoms with Crippen molar-refractivity contribution >= 4 is 17.8 Å². The Morgan fingerprint density at radius 1 is 1.30 bits per heavy atom. The summed E-state index contributed by atoms with van der Waals surface area (Å²) in [5, 5.41) is 10.3. The normalized spacial score (nSPS) is 13.9. The molecule has 0 spiro atoms. The first-order valence-corrected chi connectivity index (χ1v) is 8.29. The van der Waals surface area contributed by atoms with Crippen LogP contribution in [0.3, 0.4) is 0 Å². The van der Waals surface area contributed by atoms with Gasteiger partial charge in [0.05, 0.1) is 5.69 Å². The predicted octanol–water partition coefficient (Wildman–Crippen LogP) is 2.02. The van der Waals surface area contributed by atoms with E-state index in [1.165, 1.54) is 5.56 Å². The van der Waals surface area contributed by atoms with E-state index in [4.69, 9.17) is 0 Å². The molecule has 2 amide bonds. The lowest BCUT2D eigenvalue weighted by molar-refractivity contribution is 0.235. The van der Waals surface area contributed by atoms with Gasteiger partial charge in [-0.05, 0) is 45.9 Å². The highest BCUT2D eigenvalue weighted by Gasteiger charge is 2.15. The summed E-state index contributed by atoms with van der Waals surface area (Å²) >= 11 is 1.73. The Morgan fingerprint density at radius 2 is 1.90 bits per heavy atom. The second-order valence-corrected chi connectivity index (χ2v) is 6.26. The fraction of sp³-hybridized carbons (Fsp3) is 0.714. The van der Waals surface area contributed by atoms with Crippen LogP contribution in [-0.4, -0.2) is 39.9 Å². The molecular formula is C14H26N4OS. The Bertz CT molecular complexity index is 458. The van der Waals surface area contributed by atoms with Gasteiger partial charge in [0, 0.05) is 30.6 Å². The zero-order chi connectivity index (χ0) is 15.3. The maximum atomic E-state index is 11.9. The fourth-order valence-corrected chi connectivity index (χ4v) is 2.83. The first-order chi connectivity index (χ1) is 9.35. The van der Waals surface area contributed by atoms with Crippen molar-refractivity contribution < 1.29 is 4.79 Å². The number of aromatic nitrogens is 2. The third-order valence-corrected chi connectivity index (χ3v) is 4.17. The van der Waals surface area contributed by atoms with Gasteiger partial charge in [0.2, 0.25) is 0 Å². The standard InChI is InChI=1S/C14H26N4OS/c1-9(15-14(19)16-10(2)8-20-6)7-13-11(3)17-18(5)12(13)4/h9-10H,7-8H2,1-6H3,(H2,15,16,19)/t9-,10-/m0/s1. The molecule has 6 heteroatoms. The van der Waals surface area contributed by atoms with Gasteiger partial charge in [0.1, 0.15) is 0 Å². The molecule has 114 valence electrons. The first kappa shape index (κ1) is 16.9. The molecule has 20 heavy (non-hydrogen) atoms. The number of amides is 2. The number of aryl methyl sites for hydroxylation is 2. The van der Waals surface area contributed by atoms with Crippen LogP contribution in [0.25, 0.3) is 0 Å². The van der Waals surface area contributed by atoms with Gasteiger partial charge in [-0.1, -0.05) is 0 Å². The van der Waals surface area contributed by atoms with E-state index in [1.807, 2.05) is 38.8 Å². The quantitative estimate of drug-likeness (QED) is 0.845. The summed E-state index contributed by atoms with van der Waals surface area (Å²) < 4.78 is 1.89. The molecule has 0 aliphatic carbocycles. The minimum absolute atomic E-state index is 0.0816. The molecule has 0 fully saturated rings. The lowest BCUT2D eigenvalue weighted by Gasteiger charge is -2.18. The summed E-state index contributed by atoms with van der Waals surface area (Å²) in [6.45, 7) is 8.10. The molecule has 2 N–H and O–H groups in total. The lowest BCUT2D eigenvalue weighted by atomic mass is 10.1. The van der Waals surface area contributed by atoms with E-state index in [0.717, 1.165) is 23.6 Å². The van der Waals surface area contributed by atoms with Crippen LogP contribution in [0, 0.1) is 13.8 Å². The van der Waals surface area contributed by atoms with Crippen LogP contribution in [-0.2, 0) is 13.5 Å². The molecule has 5 nitrogen and oxygen atoms in total. The van der Waals surface area contributed by atoms with E-state index in [9.17, 15) is 4.79 Å². The summed E-state index contributed by atoms with van der Waals surface area (Å²) in [7, 11) is 1.95. The van der Waals surface area contributed by atoms with Crippen molar-refractivity contribution in [2.24, 2.45) is 7.05 Å². The van der Waals surface area contributed by atoms with Crippen molar-refractivity contribution in [1.29, 1.82) is 0 Å². The fourth-order valence-electron chi connectivity index (χ4n) is 2.25. The van der Waals surface area contributed by atoms with E-state index in [0.29, 0.717) is 0 Å². The maximum Gasteiger partial charge on any atom is 0.315 e. The molecule has 0 bridgehead atoms. The molecule has 0 radical (unpaired) electrons. The molecule has 0 aliphatic heterocycles. The van der Waals surface area contributed by atoms with E-state index < -0.39 is 0 Å². The van der Waals surface area contributed by atoms with Crippen LogP contribution in [0.15, 0.2) is 0 Å². The van der Waals surface area contributed by atoms with Crippen LogP contribution < -0.4 is 10.6 Å². The van der Waals surface area contributed by atoms with Gasteiger partial charge in [0.25, 0.3) is 0 Å². The van der Waals surface area contributed by atoms with Gasteiger partial charge >= 0.3 is 6.03 Å². The Labute approximate surface area is 125 Å². The Morgan fingerprint density at radius 3 is 2.40 bits per heavy atom. The van der Waals surface area contributed by atoms with E-state index in [1.54, 1.807) is 11.8 Å². The minimum atomic E-state index is -0.0988. The highest BCUT2D eigenvalue weighted by molar-refractivity contribution is 7.98. The average Bonchev–Trinajstić information content (AvgIpc) is 2.55. The van der Waals surface area contributed by atoms with Crippen molar-refractivity contribution in [3.8, 4) is 0 Å². The highest BCUT2D eigenvalue weighted by atomic mass is 32.2. The largest absolute Gasteiger partial charge is 0.335 e. The van der Waals surface area contributed by atoms with Crippen LogP contribution in [0.4, 0.5) is 4.79 Å². The molecule has 0 saturated carbocycles. The Hall–Kier alpha value is -1.17. The predicted molar refractivity (Wildman–Crippen MR) is 85.4 cm³/mol. The number of hydrogen-bond acceptors (Lipinski definition) is 3. The van der Waals surface area contributed by atoms with Crippen LogP contribution >= 0.6 is 11.8 Å². The molecule has 0 saturated heterocycles. The number of carbonyl (C=O) groups is 1. The minimum Gasteiger partial charge on any atom is -0.335 e. The molecule has 1 aromatic rings. The number of thioether (sulfide) groups is 1.